The van der Waals surface area contributed by atoms with Gasteiger partial charge in [0.1, 0.15) is 0 Å². The minimum Gasteiger partial charge on any atom is -0.329 e. The smallest absolute Gasteiger partial charge is 0.0220 e. The summed E-state index contributed by atoms with van der Waals surface area (Å²) in [5, 5.41) is 0. The summed E-state index contributed by atoms with van der Waals surface area (Å²) in [6.45, 7) is 5.51. The monoisotopic (exact) mass is 241 g/mol. The highest BCUT2D eigenvalue weighted by Crippen LogP contribution is 2.17. The Hall–Kier alpha value is -0.120. The lowest BCUT2D eigenvalue weighted by molar-refractivity contribution is 0.171. The molecule has 1 aliphatic heterocycles. The molecule has 2 N–H and O–H groups in total. The van der Waals surface area contributed by atoms with Gasteiger partial charge in [0.2, 0.25) is 0 Å². The Bertz CT molecular complexity index is 196. The van der Waals surface area contributed by atoms with Crippen LogP contribution in [0.3, 0.4) is 0 Å². The molecular formula is C14H31N3. The maximum absolute atomic E-state index is 5.91. The molecule has 0 aromatic carbocycles. The Kier molecular flexibility index (Phi) is 7.09. The molecule has 0 saturated carbocycles. The number of hydrogen-bond donors (Lipinski definition) is 1. The highest BCUT2D eigenvalue weighted by molar-refractivity contribution is 4.81. The lowest BCUT2D eigenvalue weighted by atomic mass is 10.1. The topological polar surface area (TPSA) is 32.5 Å². The second kappa shape index (κ2) is 8.06. The Balaban J connectivity index is 2.29. The van der Waals surface area contributed by atoms with E-state index < -0.39 is 0 Å². The fourth-order valence-electron chi connectivity index (χ4n) is 2.84. The summed E-state index contributed by atoms with van der Waals surface area (Å²) in [5.74, 6) is 0. The summed E-state index contributed by atoms with van der Waals surface area (Å²) in [7, 11) is 4.50. The number of unbranched alkanes of at least 4 members (excludes halogenated alkanes) is 2. The van der Waals surface area contributed by atoms with Crippen LogP contribution in [0.4, 0.5) is 0 Å². The summed E-state index contributed by atoms with van der Waals surface area (Å²) in [5.41, 5.74) is 5.91. The summed E-state index contributed by atoms with van der Waals surface area (Å²) < 4.78 is 0. The van der Waals surface area contributed by atoms with E-state index in [4.69, 9.17) is 5.73 Å². The van der Waals surface area contributed by atoms with Crippen LogP contribution in [-0.2, 0) is 0 Å². The molecule has 0 spiro atoms. The van der Waals surface area contributed by atoms with Gasteiger partial charge in [-0.15, -0.1) is 0 Å². The molecule has 2 unspecified atom stereocenters. The zero-order valence-corrected chi connectivity index (χ0v) is 12.0. The lowest BCUT2D eigenvalue weighted by Gasteiger charge is -2.31. The minimum absolute atomic E-state index is 0.579. The first kappa shape index (κ1) is 14.9. The quantitative estimate of drug-likeness (QED) is 0.659. The zero-order chi connectivity index (χ0) is 12.7. The van der Waals surface area contributed by atoms with Crippen molar-refractivity contribution in [1.29, 1.82) is 0 Å². The first-order valence-corrected chi connectivity index (χ1v) is 7.29. The molecule has 102 valence electrons. The van der Waals surface area contributed by atoms with Gasteiger partial charge in [-0.2, -0.15) is 0 Å². The first-order chi connectivity index (χ1) is 8.19. The maximum atomic E-state index is 5.91. The zero-order valence-electron chi connectivity index (χ0n) is 12.0. The summed E-state index contributed by atoms with van der Waals surface area (Å²) >= 11 is 0. The average Bonchev–Trinajstić information content (AvgIpc) is 2.70. The van der Waals surface area contributed by atoms with Crippen molar-refractivity contribution in [2.75, 3.05) is 33.7 Å². The van der Waals surface area contributed by atoms with Crippen molar-refractivity contribution in [3.8, 4) is 0 Å². The second-order valence-electron chi connectivity index (χ2n) is 5.60. The molecule has 1 fully saturated rings. The fourth-order valence-corrected chi connectivity index (χ4v) is 2.84. The molecule has 1 rings (SSSR count). The van der Waals surface area contributed by atoms with Crippen molar-refractivity contribution in [2.45, 2.75) is 57.5 Å². The predicted octanol–water partition coefficient (Wildman–Crippen LogP) is 1.92. The molecule has 0 aliphatic carbocycles. The first-order valence-electron chi connectivity index (χ1n) is 7.29. The van der Waals surface area contributed by atoms with E-state index in [2.05, 4.69) is 30.8 Å². The predicted molar refractivity (Wildman–Crippen MR) is 75.3 cm³/mol. The molecule has 2 atom stereocenters. The normalized spacial score (nSPS) is 23.5. The van der Waals surface area contributed by atoms with Gasteiger partial charge in [0, 0.05) is 25.2 Å². The van der Waals surface area contributed by atoms with Crippen LogP contribution in [0.15, 0.2) is 0 Å². The summed E-state index contributed by atoms with van der Waals surface area (Å²) in [6, 6.07) is 1.33. The third kappa shape index (κ3) is 4.94. The van der Waals surface area contributed by atoms with Gasteiger partial charge in [0.25, 0.3) is 0 Å². The van der Waals surface area contributed by atoms with Gasteiger partial charge in [-0.1, -0.05) is 26.2 Å². The Morgan fingerprint density at radius 3 is 2.71 bits per heavy atom. The third-order valence-electron chi connectivity index (χ3n) is 4.21. The molecule has 0 amide bonds. The van der Waals surface area contributed by atoms with Gasteiger partial charge in [0.15, 0.2) is 0 Å². The number of hydrogen-bond acceptors (Lipinski definition) is 3. The summed E-state index contributed by atoms with van der Waals surface area (Å²) in [4.78, 5) is 4.98. The summed E-state index contributed by atoms with van der Waals surface area (Å²) in [6.07, 6.45) is 7.94. The average molecular weight is 241 g/mol. The number of likely N-dealkylation sites (tertiary alicyclic amines) is 1. The third-order valence-corrected chi connectivity index (χ3v) is 4.21. The van der Waals surface area contributed by atoms with E-state index in [0.29, 0.717) is 6.04 Å². The second-order valence-corrected chi connectivity index (χ2v) is 5.60. The molecule has 3 nitrogen and oxygen atoms in total. The van der Waals surface area contributed by atoms with Crippen LogP contribution >= 0.6 is 0 Å². The SMILES string of the molecule is CCCCCC(CN)N(C)CC1CCCN1C. The van der Waals surface area contributed by atoms with Gasteiger partial charge in [-0.3, -0.25) is 0 Å². The molecule has 0 bridgehead atoms. The van der Waals surface area contributed by atoms with E-state index in [1.54, 1.807) is 0 Å². The van der Waals surface area contributed by atoms with E-state index in [1.165, 1.54) is 51.6 Å². The molecule has 3 heteroatoms. The minimum atomic E-state index is 0.579. The van der Waals surface area contributed by atoms with Gasteiger partial charge >= 0.3 is 0 Å². The number of nitrogens with two attached hydrogens (primary N) is 1. The number of likely N-dealkylation sites (N-methyl/N-ethyl adjacent to an activating group) is 2. The van der Waals surface area contributed by atoms with Gasteiger partial charge in [-0.25, -0.2) is 0 Å². The van der Waals surface area contributed by atoms with Crippen molar-refractivity contribution >= 4 is 0 Å². The van der Waals surface area contributed by atoms with Gasteiger partial charge in [0.05, 0.1) is 0 Å². The molecule has 1 saturated heterocycles. The highest BCUT2D eigenvalue weighted by atomic mass is 15.2. The van der Waals surface area contributed by atoms with Crippen LogP contribution in [0.5, 0.6) is 0 Å². The Labute approximate surface area is 107 Å². The van der Waals surface area contributed by atoms with E-state index in [9.17, 15) is 0 Å². The van der Waals surface area contributed by atoms with Crippen LogP contribution in [0.2, 0.25) is 0 Å². The van der Waals surface area contributed by atoms with Crippen molar-refractivity contribution in [3.05, 3.63) is 0 Å². The molecular weight excluding hydrogens is 210 g/mol. The van der Waals surface area contributed by atoms with Crippen molar-refractivity contribution in [2.24, 2.45) is 5.73 Å². The van der Waals surface area contributed by atoms with Crippen molar-refractivity contribution in [3.63, 3.8) is 0 Å². The Morgan fingerprint density at radius 1 is 1.41 bits per heavy atom. The van der Waals surface area contributed by atoms with E-state index >= 15 is 0 Å². The Morgan fingerprint density at radius 2 is 2.18 bits per heavy atom. The van der Waals surface area contributed by atoms with Crippen LogP contribution < -0.4 is 5.73 Å². The molecule has 1 aliphatic rings. The largest absolute Gasteiger partial charge is 0.329 e. The standard InChI is InChI=1S/C14H31N3/c1-4-5-6-8-13(11-15)17(3)12-14-9-7-10-16(14)2/h13-14H,4-12,15H2,1-3H3. The van der Waals surface area contributed by atoms with Crippen LogP contribution in [0, 0.1) is 0 Å². The molecule has 0 aromatic heterocycles. The van der Waals surface area contributed by atoms with E-state index in [1.807, 2.05) is 0 Å². The van der Waals surface area contributed by atoms with E-state index in [-0.39, 0.29) is 0 Å². The molecule has 1 heterocycles. The van der Waals surface area contributed by atoms with Crippen molar-refractivity contribution in [1.82, 2.24) is 9.80 Å². The molecule has 0 aromatic rings. The highest BCUT2D eigenvalue weighted by Gasteiger charge is 2.24. The van der Waals surface area contributed by atoms with Gasteiger partial charge < -0.3 is 15.5 Å². The number of nitrogens with zero attached hydrogens (tertiary/aromatic N) is 2. The van der Waals surface area contributed by atoms with E-state index in [0.717, 1.165) is 12.6 Å². The van der Waals surface area contributed by atoms with Gasteiger partial charge in [-0.05, 0) is 39.9 Å². The van der Waals surface area contributed by atoms with Crippen LogP contribution in [0.25, 0.3) is 0 Å². The van der Waals surface area contributed by atoms with Crippen molar-refractivity contribution < 1.29 is 0 Å². The lowest BCUT2D eigenvalue weighted by Crippen LogP contribution is -2.44. The molecule has 17 heavy (non-hydrogen) atoms. The molecule has 0 radical (unpaired) electrons. The maximum Gasteiger partial charge on any atom is 0.0220 e. The number of rotatable bonds is 8. The van der Waals surface area contributed by atoms with Crippen LogP contribution in [-0.4, -0.2) is 55.6 Å². The fraction of sp³-hybridized carbons (Fsp3) is 1.00. The van der Waals surface area contributed by atoms with Crippen LogP contribution in [0.1, 0.15) is 45.4 Å².